The Morgan fingerprint density at radius 1 is 0.861 bits per heavy atom. The molecule has 3 aromatic rings. The van der Waals surface area contributed by atoms with Crippen LogP contribution in [0.15, 0.2) is 103 Å². The topological polar surface area (TPSA) is 71.1 Å². The smallest absolute Gasteiger partial charge is 0.387 e. The molecule has 3 aromatic carbocycles. The van der Waals surface area contributed by atoms with Crippen LogP contribution in [0.5, 0.6) is 0 Å². The highest BCUT2D eigenvalue weighted by Gasteiger charge is 2.36. The highest BCUT2D eigenvalue weighted by atomic mass is 28.3. The van der Waals surface area contributed by atoms with Gasteiger partial charge in [0.25, 0.3) is 0 Å². The molecule has 7 heteroatoms. The number of ether oxygens (including phenoxy) is 2. The maximum atomic E-state index is 12.9. The van der Waals surface area contributed by atoms with Gasteiger partial charge >= 0.3 is 11.9 Å². The van der Waals surface area contributed by atoms with E-state index in [1.165, 1.54) is 6.92 Å². The van der Waals surface area contributed by atoms with Crippen molar-refractivity contribution in [2.45, 2.75) is 38.5 Å². The van der Waals surface area contributed by atoms with Gasteiger partial charge in [0, 0.05) is 12.5 Å². The summed E-state index contributed by atoms with van der Waals surface area (Å²) in [6.45, 7) is 6.39. The third-order valence-electron chi connectivity index (χ3n) is 5.70. The predicted molar refractivity (Wildman–Crippen MR) is 141 cm³/mol. The van der Waals surface area contributed by atoms with Crippen molar-refractivity contribution in [1.29, 1.82) is 0 Å². The summed E-state index contributed by atoms with van der Waals surface area (Å²) in [4.78, 5) is 35.6. The highest BCUT2D eigenvalue weighted by Crippen LogP contribution is 2.21. The van der Waals surface area contributed by atoms with Gasteiger partial charge in [-0.2, -0.15) is 4.89 Å². The van der Waals surface area contributed by atoms with Gasteiger partial charge in [-0.05, 0) is 5.56 Å². The predicted octanol–water partition coefficient (Wildman–Crippen LogP) is 5.06. The van der Waals surface area contributed by atoms with Gasteiger partial charge < -0.3 is 9.47 Å². The minimum absolute atomic E-state index is 0.377. The van der Waals surface area contributed by atoms with Crippen LogP contribution in [0.3, 0.4) is 0 Å². The Morgan fingerprint density at radius 2 is 1.44 bits per heavy atom. The summed E-state index contributed by atoms with van der Waals surface area (Å²) in [5.74, 6) is -1.39. The average molecular weight is 505 g/mol. The Morgan fingerprint density at radius 3 is 2.06 bits per heavy atom. The molecule has 3 rings (SSSR count). The summed E-state index contributed by atoms with van der Waals surface area (Å²) >= 11 is 0. The molecule has 6 nitrogen and oxygen atoms in total. The summed E-state index contributed by atoms with van der Waals surface area (Å²) in [5, 5.41) is 1.14. The largest absolute Gasteiger partial charge is 0.445 e. The number of esters is 1. The molecule has 0 bridgehead atoms. The number of benzene rings is 3. The molecule has 1 unspecified atom stereocenters. The normalized spacial score (nSPS) is 13.2. The third-order valence-corrected chi connectivity index (χ3v) is 9.23. The fourth-order valence-corrected chi connectivity index (χ4v) is 5.90. The zero-order valence-electron chi connectivity index (χ0n) is 20.8. The van der Waals surface area contributed by atoms with Gasteiger partial charge in [0.1, 0.15) is 13.8 Å². The first-order valence-corrected chi connectivity index (χ1v) is 14.9. The van der Waals surface area contributed by atoms with Crippen molar-refractivity contribution < 1.29 is 28.8 Å². The van der Waals surface area contributed by atoms with Crippen LogP contribution in [-0.4, -0.2) is 32.3 Å². The van der Waals surface area contributed by atoms with Crippen LogP contribution in [0.4, 0.5) is 0 Å². The van der Waals surface area contributed by atoms with Crippen LogP contribution in [-0.2, 0) is 35.4 Å². The van der Waals surface area contributed by atoms with Gasteiger partial charge in [-0.1, -0.05) is 121 Å². The van der Waals surface area contributed by atoms with Crippen molar-refractivity contribution >= 4 is 25.2 Å². The average Bonchev–Trinajstić information content (AvgIpc) is 2.90. The van der Waals surface area contributed by atoms with E-state index in [1.54, 1.807) is 24.3 Å². The van der Waals surface area contributed by atoms with E-state index in [1.807, 2.05) is 66.7 Å². The second-order valence-corrected chi connectivity index (χ2v) is 13.4. The lowest BCUT2D eigenvalue weighted by Gasteiger charge is -2.29. The van der Waals surface area contributed by atoms with E-state index in [2.05, 4.69) is 25.2 Å². The van der Waals surface area contributed by atoms with Gasteiger partial charge in [-0.15, -0.1) is 0 Å². The monoisotopic (exact) mass is 504 g/mol. The molecule has 0 aliphatic carbocycles. The van der Waals surface area contributed by atoms with E-state index in [4.69, 9.17) is 19.2 Å². The zero-order valence-corrected chi connectivity index (χ0v) is 21.8. The fraction of sp³-hybridized carbons (Fsp3) is 0.241. The molecule has 0 N–H and O–H groups in total. The molecule has 0 amide bonds. The van der Waals surface area contributed by atoms with E-state index in [9.17, 15) is 9.59 Å². The molecule has 0 aliphatic rings. The maximum Gasteiger partial charge on any atom is 0.387 e. The summed E-state index contributed by atoms with van der Waals surface area (Å²) in [7, 11) is -2.30. The molecular weight excluding hydrogens is 472 g/mol. The van der Waals surface area contributed by atoms with E-state index >= 15 is 0 Å². The van der Waals surface area contributed by atoms with Gasteiger partial charge in [0.15, 0.2) is 0 Å². The van der Waals surface area contributed by atoms with Crippen LogP contribution in [0.2, 0.25) is 13.1 Å². The molecule has 0 fully saturated rings. The second-order valence-electron chi connectivity index (χ2n) is 8.84. The van der Waals surface area contributed by atoms with Crippen LogP contribution in [0.1, 0.15) is 24.2 Å². The lowest BCUT2D eigenvalue weighted by Crippen LogP contribution is -2.53. The molecular formula is C29H32O6Si. The standard InChI is InChI=1S/C29H32O6Si/c1-23(30)33-28(25-16-9-5-10-17-25)29(31)35-34-27(36(2,3)26-18-11-6-12-19-26)20-13-21-32-22-24-14-7-4-8-15-24/h4-20,27-28H,21-22H2,1-3H3/b20-13+/t27-,28?/m1/s1. The van der Waals surface area contributed by atoms with Crippen LogP contribution in [0, 0.1) is 0 Å². The van der Waals surface area contributed by atoms with Crippen molar-refractivity contribution in [3.05, 3.63) is 114 Å². The van der Waals surface area contributed by atoms with Gasteiger partial charge in [-0.25, -0.2) is 4.79 Å². The van der Waals surface area contributed by atoms with Crippen LogP contribution < -0.4 is 5.19 Å². The van der Waals surface area contributed by atoms with E-state index in [0.717, 1.165) is 10.8 Å². The van der Waals surface area contributed by atoms with Gasteiger partial charge in [-0.3, -0.25) is 9.68 Å². The Hall–Kier alpha value is -3.52. The maximum absolute atomic E-state index is 12.9. The molecule has 0 saturated heterocycles. The molecule has 188 valence electrons. The Balaban J connectivity index is 1.71. The minimum atomic E-state index is -2.30. The van der Waals surface area contributed by atoms with E-state index < -0.39 is 31.8 Å². The highest BCUT2D eigenvalue weighted by molar-refractivity contribution is 6.91. The molecule has 0 aromatic heterocycles. The van der Waals surface area contributed by atoms with E-state index in [0.29, 0.717) is 18.8 Å². The molecule has 0 heterocycles. The van der Waals surface area contributed by atoms with Crippen LogP contribution in [0.25, 0.3) is 0 Å². The summed E-state index contributed by atoms with van der Waals surface area (Å²) in [6.07, 6.45) is 2.53. The number of carbonyl (C=O) groups excluding carboxylic acids is 2. The molecule has 0 saturated carbocycles. The molecule has 36 heavy (non-hydrogen) atoms. The molecule has 0 spiro atoms. The van der Waals surface area contributed by atoms with Gasteiger partial charge in [0.05, 0.1) is 13.2 Å². The fourth-order valence-electron chi connectivity index (χ4n) is 3.61. The Labute approximate surface area is 213 Å². The van der Waals surface area contributed by atoms with Crippen LogP contribution >= 0.6 is 0 Å². The molecule has 2 atom stereocenters. The summed E-state index contributed by atoms with van der Waals surface area (Å²) in [5.41, 5.74) is 1.09. The number of hydrogen-bond donors (Lipinski definition) is 0. The number of carbonyl (C=O) groups is 2. The van der Waals surface area contributed by atoms with Crippen molar-refractivity contribution in [2.75, 3.05) is 6.61 Å². The van der Waals surface area contributed by atoms with Crippen molar-refractivity contribution in [3.63, 3.8) is 0 Å². The second kappa shape index (κ2) is 13.5. The molecule has 0 radical (unpaired) electrons. The first-order valence-electron chi connectivity index (χ1n) is 11.8. The lowest BCUT2D eigenvalue weighted by atomic mass is 10.1. The quantitative estimate of drug-likeness (QED) is 0.0857. The first kappa shape index (κ1) is 27.1. The van der Waals surface area contributed by atoms with E-state index in [-0.39, 0.29) is 0 Å². The minimum Gasteiger partial charge on any atom is -0.445 e. The number of rotatable bonds is 12. The first-order chi connectivity index (χ1) is 17.4. The van der Waals surface area contributed by atoms with Crippen molar-refractivity contribution in [3.8, 4) is 0 Å². The summed E-state index contributed by atoms with van der Waals surface area (Å²) < 4.78 is 11.0. The van der Waals surface area contributed by atoms with Crippen molar-refractivity contribution in [1.82, 2.24) is 0 Å². The lowest BCUT2D eigenvalue weighted by molar-refractivity contribution is -0.283. The zero-order chi connectivity index (χ0) is 25.8. The Bertz CT molecular complexity index is 1120. The SMILES string of the molecule is CC(=O)OC(C(=O)OO[C@@H](/C=C/COCc1ccccc1)[Si](C)(C)c1ccccc1)c1ccccc1. The number of hydrogen-bond acceptors (Lipinski definition) is 6. The molecule has 0 aliphatic heterocycles. The Kier molecular flexibility index (Phi) is 10.2. The third kappa shape index (κ3) is 8.02. The summed E-state index contributed by atoms with van der Waals surface area (Å²) in [6, 6.07) is 28.6. The van der Waals surface area contributed by atoms with Crippen molar-refractivity contribution in [2.24, 2.45) is 0 Å². The van der Waals surface area contributed by atoms with Gasteiger partial charge in [0.2, 0.25) is 6.10 Å².